The van der Waals surface area contributed by atoms with E-state index in [0.717, 1.165) is 5.69 Å². The second kappa shape index (κ2) is 4.23. The summed E-state index contributed by atoms with van der Waals surface area (Å²) in [6.45, 7) is 0. The third kappa shape index (κ3) is 2.05. The molecule has 0 fully saturated rings. The number of imidazole rings is 1. The van der Waals surface area contributed by atoms with Gasteiger partial charge in [0.2, 0.25) is 0 Å². The lowest BCUT2D eigenvalue weighted by molar-refractivity contribution is 0.0959. The number of hydrogen-bond acceptors (Lipinski definition) is 3. The first-order chi connectivity index (χ1) is 7.31. The molecule has 0 aliphatic heterocycles. The number of halogens is 1. The number of carbonyl (C=O) groups is 1. The van der Waals surface area contributed by atoms with Crippen molar-refractivity contribution >= 4 is 17.5 Å². The van der Waals surface area contributed by atoms with Crippen LogP contribution < -0.4 is 0 Å². The molecule has 0 amide bonds. The molecule has 0 atom stereocenters. The molecule has 2 aromatic rings. The van der Waals surface area contributed by atoms with Crippen molar-refractivity contribution in [3.63, 3.8) is 0 Å². The van der Waals surface area contributed by atoms with Crippen LogP contribution in [0.25, 0.3) is 0 Å². The Morgan fingerprint density at radius 2 is 2.33 bits per heavy atom. The van der Waals surface area contributed by atoms with Crippen molar-refractivity contribution in [3.05, 3.63) is 48.3 Å². The largest absolute Gasteiger partial charge is 0.272 e. The van der Waals surface area contributed by atoms with Gasteiger partial charge in [-0.25, -0.2) is 4.98 Å². The van der Waals surface area contributed by atoms with Crippen molar-refractivity contribution in [1.29, 1.82) is 0 Å². The second-order valence-electron chi connectivity index (χ2n) is 2.95. The maximum Gasteiger partial charge on any atom is 0.264 e. The first-order valence-corrected chi connectivity index (χ1v) is 4.88. The summed E-state index contributed by atoms with van der Waals surface area (Å²) in [6.07, 6.45) is 6.12. The first-order valence-electron chi connectivity index (χ1n) is 4.35. The van der Waals surface area contributed by atoms with Gasteiger partial charge in [0, 0.05) is 18.6 Å². The molecule has 0 aliphatic carbocycles. The van der Waals surface area contributed by atoms with Gasteiger partial charge in [0.25, 0.3) is 5.91 Å². The van der Waals surface area contributed by atoms with E-state index in [1.807, 2.05) is 0 Å². The van der Waals surface area contributed by atoms with E-state index in [9.17, 15) is 4.79 Å². The summed E-state index contributed by atoms with van der Waals surface area (Å²) >= 11 is 5.60. The van der Waals surface area contributed by atoms with E-state index in [1.165, 1.54) is 17.1 Å². The molecule has 0 aliphatic rings. The molecular formula is C10H8ClN3O. The van der Waals surface area contributed by atoms with Crippen molar-refractivity contribution in [3.8, 4) is 0 Å². The van der Waals surface area contributed by atoms with Crippen molar-refractivity contribution in [2.24, 2.45) is 0 Å². The van der Waals surface area contributed by atoms with Crippen molar-refractivity contribution in [2.75, 3.05) is 0 Å². The van der Waals surface area contributed by atoms with Gasteiger partial charge in [-0.15, -0.1) is 11.6 Å². The van der Waals surface area contributed by atoms with Gasteiger partial charge >= 0.3 is 0 Å². The van der Waals surface area contributed by atoms with E-state index >= 15 is 0 Å². The third-order valence-corrected chi connectivity index (χ3v) is 2.22. The molecule has 0 aromatic carbocycles. The first kappa shape index (κ1) is 9.86. The fraction of sp³-hybridized carbons (Fsp3) is 0.100. The monoisotopic (exact) mass is 221 g/mol. The minimum absolute atomic E-state index is 0.152. The molecule has 0 unspecified atom stereocenters. The van der Waals surface area contributed by atoms with Crippen LogP contribution in [0.4, 0.5) is 0 Å². The summed E-state index contributed by atoms with van der Waals surface area (Å²) < 4.78 is 1.40. The highest BCUT2D eigenvalue weighted by Crippen LogP contribution is 2.05. The smallest absolute Gasteiger partial charge is 0.264 e. The second-order valence-corrected chi connectivity index (χ2v) is 3.21. The Morgan fingerprint density at radius 3 is 2.87 bits per heavy atom. The van der Waals surface area contributed by atoms with E-state index in [2.05, 4.69) is 9.97 Å². The lowest BCUT2D eigenvalue weighted by atomic mass is 10.2. The Hall–Kier alpha value is -1.68. The molecule has 0 saturated heterocycles. The predicted molar refractivity (Wildman–Crippen MR) is 55.7 cm³/mol. The molecule has 5 heteroatoms. The van der Waals surface area contributed by atoms with Crippen LogP contribution in [0.2, 0.25) is 0 Å². The topological polar surface area (TPSA) is 47.8 Å². The number of alkyl halides is 1. The van der Waals surface area contributed by atoms with E-state index in [4.69, 9.17) is 11.6 Å². The molecule has 15 heavy (non-hydrogen) atoms. The van der Waals surface area contributed by atoms with E-state index in [-0.39, 0.29) is 5.91 Å². The minimum Gasteiger partial charge on any atom is -0.272 e. The van der Waals surface area contributed by atoms with Gasteiger partial charge in [-0.05, 0) is 12.1 Å². The summed E-state index contributed by atoms with van der Waals surface area (Å²) in [4.78, 5) is 19.6. The van der Waals surface area contributed by atoms with Crippen molar-refractivity contribution < 1.29 is 4.79 Å². The van der Waals surface area contributed by atoms with Gasteiger partial charge < -0.3 is 0 Å². The summed E-state index contributed by atoms with van der Waals surface area (Å²) in [7, 11) is 0. The Kier molecular flexibility index (Phi) is 2.78. The maximum absolute atomic E-state index is 11.8. The Morgan fingerprint density at radius 1 is 1.47 bits per heavy atom. The molecule has 2 rings (SSSR count). The number of nitrogens with zero attached hydrogens (tertiary/aromatic N) is 3. The fourth-order valence-corrected chi connectivity index (χ4v) is 1.32. The van der Waals surface area contributed by atoms with Crippen LogP contribution in [0, 0.1) is 0 Å². The van der Waals surface area contributed by atoms with Crippen LogP contribution in [-0.4, -0.2) is 20.4 Å². The van der Waals surface area contributed by atoms with Gasteiger partial charge in [0.15, 0.2) is 0 Å². The molecule has 0 spiro atoms. The van der Waals surface area contributed by atoms with Crippen molar-refractivity contribution in [2.45, 2.75) is 5.88 Å². The average Bonchev–Trinajstić information content (AvgIpc) is 2.82. The predicted octanol–water partition coefficient (Wildman–Crippen LogP) is 1.71. The molecule has 2 heterocycles. The average molecular weight is 222 g/mol. The quantitative estimate of drug-likeness (QED) is 0.726. The molecular weight excluding hydrogens is 214 g/mol. The van der Waals surface area contributed by atoms with Crippen molar-refractivity contribution in [1.82, 2.24) is 14.5 Å². The summed E-state index contributed by atoms with van der Waals surface area (Å²) in [5, 5.41) is 0. The summed E-state index contributed by atoms with van der Waals surface area (Å²) in [5.74, 6) is 0.195. The number of rotatable bonds is 2. The van der Waals surface area contributed by atoms with Crippen LogP contribution in [0.1, 0.15) is 16.1 Å². The highest BCUT2D eigenvalue weighted by atomic mass is 35.5. The lowest BCUT2D eigenvalue weighted by Crippen LogP contribution is -2.10. The SMILES string of the molecule is O=C(c1ccc(CCl)nc1)n1ccnc1. The van der Waals surface area contributed by atoms with Crippen LogP contribution in [0.15, 0.2) is 37.1 Å². The van der Waals surface area contributed by atoms with E-state index in [1.54, 1.807) is 24.5 Å². The van der Waals surface area contributed by atoms with Crippen LogP contribution in [0.5, 0.6) is 0 Å². The highest BCUT2D eigenvalue weighted by molar-refractivity contribution is 6.16. The van der Waals surface area contributed by atoms with Gasteiger partial charge in [0.1, 0.15) is 6.33 Å². The Balaban J connectivity index is 2.27. The zero-order chi connectivity index (χ0) is 10.7. The normalized spacial score (nSPS) is 10.2. The molecule has 0 bridgehead atoms. The van der Waals surface area contributed by atoms with Gasteiger partial charge in [-0.3, -0.25) is 14.3 Å². The summed E-state index contributed by atoms with van der Waals surface area (Å²) in [6, 6.07) is 3.43. The third-order valence-electron chi connectivity index (χ3n) is 1.95. The van der Waals surface area contributed by atoms with Crippen LogP contribution >= 0.6 is 11.6 Å². The Bertz CT molecular complexity index is 450. The lowest BCUT2D eigenvalue weighted by Gasteiger charge is -2.00. The molecule has 0 N–H and O–H groups in total. The number of hydrogen-bond donors (Lipinski definition) is 0. The number of aromatic nitrogens is 3. The molecule has 0 radical (unpaired) electrons. The zero-order valence-corrected chi connectivity index (χ0v) is 8.55. The van der Waals surface area contributed by atoms with Gasteiger partial charge in [-0.2, -0.15) is 0 Å². The summed E-state index contributed by atoms with van der Waals surface area (Å²) in [5.41, 5.74) is 1.26. The maximum atomic E-state index is 11.8. The standard InChI is InChI=1S/C10H8ClN3O/c11-5-9-2-1-8(6-13-9)10(15)14-4-3-12-7-14/h1-4,6-7H,5H2. The fourth-order valence-electron chi connectivity index (χ4n) is 1.16. The molecule has 0 saturated carbocycles. The van der Waals surface area contributed by atoms with E-state index in [0.29, 0.717) is 11.4 Å². The van der Waals surface area contributed by atoms with Crippen LogP contribution in [0.3, 0.4) is 0 Å². The minimum atomic E-state index is -0.152. The van der Waals surface area contributed by atoms with Gasteiger partial charge in [0.05, 0.1) is 17.1 Å². The van der Waals surface area contributed by atoms with E-state index < -0.39 is 0 Å². The molecule has 76 valence electrons. The Labute approximate surface area is 91.5 Å². The zero-order valence-electron chi connectivity index (χ0n) is 7.80. The van der Waals surface area contributed by atoms with Crippen LogP contribution in [-0.2, 0) is 5.88 Å². The molecule has 4 nitrogen and oxygen atoms in total. The number of carbonyl (C=O) groups excluding carboxylic acids is 1. The molecule has 2 aromatic heterocycles. The number of pyridine rings is 1. The van der Waals surface area contributed by atoms with Gasteiger partial charge in [-0.1, -0.05) is 0 Å². The highest BCUT2D eigenvalue weighted by Gasteiger charge is 2.07.